The van der Waals surface area contributed by atoms with E-state index in [-0.39, 0.29) is 6.03 Å². The number of rotatable bonds is 6. The number of carbonyl (C=O) groups is 1. The third kappa shape index (κ3) is 3.59. The molecule has 2 amide bonds. The predicted octanol–water partition coefficient (Wildman–Crippen LogP) is 3.27. The molecular formula is C18H20N2O3S. The number of anilines is 1. The molecule has 24 heavy (non-hydrogen) atoms. The van der Waals surface area contributed by atoms with Gasteiger partial charge < -0.3 is 9.50 Å². The van der Waals surface area contributed by atoms with Gasteiger partial charge in [-0.1, -0.05) is 31.5 Å². The summed E-state index contributed by atoms with van der Waals surface area (Å²) < 4.78 is 18.1. The van der Waals surface area contributed by atoms with Gasteiger partial charge in [0.2, 0.25) is 11.1 Å². The average Bonchev–Trinajstić information content (AvgIpc) is 3.03. The molecule has 6 heteroatoms. The first-order valence-corrected chi connectivity index (χ1v) is 9.10. The lowest BCUT2D eigenvalue weighted by molar-refractivity contribution is 0.252. The van der Waals surface area contributed by atoms with E-state index in [1.165, 1.54) is 0 Å². The topological polar surface area (TPSA) is 58.6 Å². The monoisotopic (exact) mass is 344 g/mol. The van der Waals surface area contributed by atoms with E-state index in [0.29, 0.717) is 23.7 Å². The summed E-state index contributed by atoms with van der Waals surface area (Å²) in [7, 11) is 0. The van der Waals surface area contributed by atoms with Crippen LogP contribution in [0.15, 0.2) is 53.4 Å². The lowest BCUT2D eigenvalue weighted by atomic mass is 10.1. The molecule has 1 aliphatic heterocycles. The van der Waals surface area contributed by atoms with Crippen LogP contribution in [0.5, 0.6) is 5.75 Å². The van der Waals surface area contributed by atoms with Crippen LogP contribution in [0.25, 0.3) is 0 Å². The zero-order chi connectivity index (χ0) is 16.9. The Morgan fingerprint density at radius 2 is 1.92 bits per heavy atom. The molecule has 0 spiro atoms. The molecule has 1 fully saturated rings. The van der Waals surface area contributed by atoms with Crippen molar-refractivity contribution in [3.63, 3.8) is 0 Å². The van der Waals surface area contributed by atoms with Gasteiger partial charge in [-0.3, -0.25) is 4.90 Å². The van der Waals surface area contributed by atoms with E-state index in [4.69, 9.17) is 4.18 Å². The summed E-state index contributed by atoms with van der Waals surface area (Å²) in [6.45, 7) is 3.38. The van der Waals surface area contributed by atoms with Crippen LogP contribution in [0.2, 0.25) is 0 Å². The van der Waals surface area contributed by atoms with E-state index < -0.39 is 11.1 Å². The fourth-order valence-electron chi connectivity index (χ4n) is 2.65. The second-order valence-electron chi connectivity index (χ2n) is 5.55. The summed E-state index contributed by atoms with van der Waals surface area (Å²) in [5.41, 5.74) is 1.84. The first-order valence-electron chi connectivity index (χ1n) is 8.02. The van der Waals surface area contributed by atoms with Gasteiger partial charge in [0.05, 0.1) is 4.90 Å². The molecule has 3 rings (SSSR count). The molecule has 0 bridgehead atoms. The number of amides is 2. The number of para-hydroxylation sites is 1. The summed E-state index contributed by atoms with van der Waals surface area (Å²) >= 11 is -1.59. The number of benzene rings is 2. The minimum Gasteiger partial charge on any atom is -0.397 e. The maximum Gasteiger partial charge on any atom is 0.321 e. The maximum atomic E-state index is 12.5. The second-order valence-corrected chi connectivity index (χ2v) is 6.66. The van der Waals surface area contributed by atoms with Gasteiger partial charge in [0.25, 0.3) is 0 Å². The largest absolute Gasteiger partial charge is 0.397 e. The number of nitrogens with zero attached hydrogens (tertiary/aromatic N) is 1. The SMILES string of the molecule is CCCc1ccccc1OS(=O)c1ccc(N2CCNC2=O)cc1. The highest BCUT2D eigenvalue weighted by molar-refractivity contribution is 7.80. The minimum atomic E-state index is -1.59. The Morgan fingerprint density at radius 3 is 2.58 bits per heavy atom. The number of hydrogen-bond acceptors (Lipinski definition) is 3. The molecule has 5 nitrogen and oxygen atoms in total. The predicted molar refractivity (Wildman–Crippen MR) is 94.7 cm³/mol. The van der Waals surface area contributed by atoms with Gasteiger partial charge in [0.1, 0.15) is 5.75 Å². The summed E-state index contributed by atoms with van der Waals surface area (Å²) in [6, 6.07) is 14.6. The van der Waals surface area contributed by atoms with Crippen molar-refractivity contribution in [1.29, 1.82) is 0 Å². The highest BCUT2D eigenvalue weighted by Gasteiger charge is 2.21. The summed E-state index contributed by atoms with van der Waals surface area (Å²) in [5, 5.41) is 2.76. The van der Waals surface area contributed by atoms with Gasteiger partial charge in [-0.15, -0.1) is 0 Å². The zero-order valence-electron chi connectivity index (χ0n) is 13.5. The van der Waals surface area contributed by atoms with Crippen LogP contribution in [-0.4, -0.2) is 23.3 Å². The van der Waals surface area contributed by atoms with Crippen molar-refractivity contribution >= 4 is 22.8 Å². The molecule has 0 aliphatic carbocycles. The van der Waals surface area contributed by atoms with Gasteiger partial charge in [-0.25, -0.2) is 9.00 Å². The molecule has 126 valence electrons. The molecule has 0 saturated carbocycles. The van der Waals surface area contributed by atoms with Crippen molar-refractivity contribution in [2.24, 2.45) is 0 Å². The van der Waals surface area contributed by atoms with Crippen LogP contribution < -0.4 is 14.4 Å². The van der Waals surface area contributed by atoms with Crippen molar-refractivity contribution in [2.45, 2.75) is 24.7 Å². The normalized spacial score (nSPS) is 15.2. The zero-order valence-corrected chi connectivity index (χ0v) is 14.3. The Bertz CT molecular complexity index is 746. The number of nitrogens with one attached hydrogen (secondary N) is 1. The van der Waals surface area contributed by atoms with E-state index in [0.717, 1.165) is 24.1 Å². The smallest absolute Gasteiger partial charge is 0.321 e. The quantitative estimate of drug-likeness (QED) is 0.875. The molecule has 1 unspecified atom stereocenters. The van der Waals surface area contributed by atoms with Gasteiger partial charge in [-0.05, 0) is 42.3 Å². The second kappa shape index (κ2) is 7.49. The van der Waals surface area contributed by atoms with Crippen molar-refractivity contribution in [3.05, 3.63) is 54.1 Å². The van der Waals surface area contributed by atoms with Crippen molar-refractivity contribution in [1.82, 2.24) is 5.32 Å². The molecule has 0 aromatic heterocycles. The first-order chi connectivity index (χ1) is 11.7. The summed E-state index contributed by atoms with van der Waals surface area (Å²) in [4.78, 5) is 13.9. The highest BCUT2D eigenvalue weighted by Crippen LogP contribution is 2.24. The Hall–Kier alpha value is -2.34. The lowest BCUT2D eigenvalue weighted by Gasteiger charge is -2.14. The molecule has 2 aromatic rings. The third-order valence-electron chi connectivity index (χ3n) is 3.86. The lowest BCUT2D eigenvalue weighted by Crippen LogP contribution is -2.27. The minimum absolute atomic E-state index is 0.103. The molecule has 0 radical (unpaired) electrons. The molecule has 2 aromatic carbocycles. The Morgan fingerprint density at radius 1 is 1.17 bits per heavy atom. The van der Waals surface area contributed by atoms with Crippen molar-refractivity contribution in [2.75, 3.05) is 18.0 Å². The van der Waals surface area contributed by atoms with E-state index in [1.807, 2.05) is 24.3 Å². The van der Waals surface area contributed by atoms with Crippen molar-refractivity contribution < 1.29 is 13.2 Å². The number of hydrogen-bond donors (Lipinski definition) is 1. The van der Waals surface area contributed by atoms with E-state index in [9.17, 15) is 9.00 Å². The summed E-state index contributed by atoms with van der Waals surface area (Å²) in [6.07, 6.45) is 1.88. The van der Waals surface area contributed by atoms with E-state index in [1.54, 1.807) is 29.2 Å². The van der Waals surface area contributed by atoms with Crippen LogP contribution in [0.1, 0.15) is 18.9 Å². The first kappa shape index (κ1) is 16.5. The molecule has 1 aliphatic rings. The van der Waals surface area contributed by atoms with Crippen LogP contribution in [0.3, 0.4) is 0 Å². The summed E-state index contributed by atoms with van der Waals surface area (Å²) in [5.74, 6) is 0.653. The van der Waals surface area contributed by atoms with Crippen molar-refractivity contribution in [3.8, 4) is 5.75 Å². The third-order valence-corrected chi connectivity index (χ3v) is 4.84. The average molecular weight is 344 g/mol. The number of urea groups is 1. The molecular weight excluding hydrogens is 324 g/mol. The highest BCUT2D eigenvalue weighted by atomic mass is 32.2. The van der Waals surface area contributed by atoms with Crippen LogP contribution in [-0.2, 0) is 17.5 Å². The maximum absolute atomic E-state index is 12.5. The number of carbonyl (C=O) groups excluding carboxylic acids is 1. The van der Waals surface area contributed by atoms with Gasteiger partial charge >= 0.3 is 6.03 Å². The van der Waals surface area contributed by atoms with Gasteiger partial charge in [0, 0.05) is 18.8 Å². The van der Waals surface area contributed by atoms with Gasteiger partial charge in [0.15, 0.2) is 0 Å². The molecule has 1 atom stereocenters. The van der Waals surface area contributed by atoms with Crippen LogP contribution >= 0.6 is 0 Å². The Kier molecular flexibility index (Phi) is 5.15. The Balaban J connectivity index is 1.73. The van der Waals surface area contributed by atoms with Crippen LogP contribution in [0, 0.1) is 0 Å². The fraction of sp³-hybridized carbons (Fsp3) is 0.278. The number of aryl methyl sites for hydroxylation is 1. The van der Waals surface area contributed by atoms with E-state index >= 15 is 0 Å². The fourth-order valence-corrected chi connectivity index (χ4v) is 3.43. The van der Waals surface area contributed by atoms with Gasteiger partial charge in [-0.2, -0.15) is 0 Å². The Labute approximate surface area is 144 Å². The molecule has 1 N–H and O–H groups in total. The van der Waals surface area contributed by atoms with Crippen LogP contribution in [0.4, 0.5) is 10.5 Å². The standard InChI is InChI=1S/C18H20N2O3S/c1-2-5-14-6-3-4-7-17(14)23-24(22)16-10-8-15(9-11-16)20-13-12-19-18(20)21/h3-4,6-11H,2,5,12-13H2,1H3,(H,19,21). The molecule has 1 saturated heterocycles. The van der Waals surface area contributed by atoms with E-state index in [2.05, 4.69) is 12.2 Å². The molecule has 1 heterocycles.